The summed E-state index contributed by atoms with van der Waals surface area (Å²) in [5, 5.41) is 12.0. The van der Waals surface area contributed by atoms with Crippen LogP contribution < -0.4 is 22.9 Å². The van der Waals surface area contributed by atoms with E-state index >= 15 is 0 Å². The second kappa shape index (κ2) is 14.5. The number of carbonyl (C=O) groups is 1. The first kappa shape index (κ1) is 36.9. The lowest BCUT2D eigenvalue weighted by molar-refractivity contribution is -0.140. The summed E-state index contributed by atoms with van der Waals surface area (Å²) < 4.78 is 54.2. The first-order valence-electron chi connectivity index (χ1n) is 15.1. The second-order valence-corrected chi connectivity index (χ2v) is 16.2. The summed E-state index contributed by atoms with van der Waals surface area (Å²) in [4.78, 5) is 27.4. The minimum Gasteiger partial charge on any atom is -0.480 e. The maximum atomic E-state index is 12.9. The highest BCUT2D eigenvalue weighted by Gasteiger charge is 2.39. The van der Waals surface area contributed by atoms with Crippen molar-refractivity contribution in [2.45, 2.75) is 54.5 Å². The maximum absolute atomic E-state index is 12.9. The number of benzene rings is 2. The van der Waals surface area contributed by atoms with E-state index in [1.807, 2.05) is 6.92 Å². The smallest absolute Gasteiger partial charge is 0.322 e. The van der Waals surface area contributed by atoms with E-state index in [-0.39, 0.29) is 52.4 Å². The molecule has 9 N–H and O–H groups in total. The Bertz CT molecular complexity index is 2260. The number of aromatic nitrogens is 2. The molecule has 2 aliphatic heterocycles. The average molecular weight is 766 g/mol. The number of nitrogens with two attached hydrogens (primary N) is 4. The Morgan fingerprint density at radius 1 is 0.760 bits per heavy atom. The Labute approximate surface area is 297 Å². The van der Waals surface area contributed by atoms with Crippen molar-refractivity contribution >= 4 is 94.3 Å². The van der Waals surface area contributed by atoms with Crippen LogP contribution in [-0.4, -0.2) is 83.6 Å². The number of hydrogen-bond acceptors (Lipinski definition) is 9. The largest absolute Gasteiger partial charge is 0.480 e. The summed E-state index contributed by atoms with van der Waals surface area (Å²) >= 11 is 12.3. The van der Waals surface area contributed by atoms with Crippen molar-refractivity contribution in [2.24, 2.45) is 32.9 Å². The molecule has 20 heteroatoms. The molecular formula is C30H34Cl2N10O6S2. The number of nitrogens with zero attached hydrogens (tertiary/aromatic N) is 6. The van der Waals surface area contributed by atoms with Crippen LogP contribution in [0.15, 0.2) is 68.6 Å². The molecule has 266 valence electrons. The molecule has 4 aromatic rings. The molecule has 50 heavy (non-hydrogen) atoms. The SMILES string of the molecule is C[C@@H]1CCCN1S(=O)(=O)c1ccc2c(Cl)cnc(N=C(N)N)c2c1.NC(N)=Nc1ncc(Cl)c2ccc(S(=O)(=O)N3CCCC3C(=O)O)cc12. The van der Waals surface area contributed by atoms with Crippen LogP contribution in [0.5, 0.6) is 0 Å². The lowest BCUT2D eigenvalue weighted by Gasteiger charge is -2.21. The molecule has 0 bridgehead atoms. The summed E-state index contributed by atoms with van der Waals surface area (Å²) in [5.74, 6) is -1.20. The van der Waals surface area contributed by atoms with Crippen molar-refractivity contribution in [2.75, 3.05) is 13.1 Å². The number of carboxylic acid groups (broad SMARTS) is 1. The fourth-order valence-electron chi connectivity index (χ4n) is 5.90. The normalized spacial score (nSPS) is 18.5. The van der Waals surface area contributed by atoms with Gasteiger partial charge in [0.05, 0.1) is 19.8 Å². The summed E-state index contributed by atoms with van der Waals surface area (Å²) in [5.41, 5.74) is 21.6. The summed E-state index contributed by atoms with van der Waals surface area (Å²) in [7, 11) is -7.60. The van der Waals surface area contributed by atoms with Crippen molar-refractivity contribution in [3.8, 4) is 0 Å². The van der Waals surface area contributed by atoms with Crippen LogP contribution in [0.25, 0.3) is 21.5 Å². The number of pyridine rings is 2. The molecule has 0 radical (unpaired) electrons. The molecule has 1 unspecified atom stereocenters. The number of rotatable bonds is 7. The zero-order valence-electron chi connectivity index (χ0n) is 26.6. The highest BCUT2D eigenvalue weighted by atomic mass is 35.5. The van der Waals surface area contributed by atoms with E-state index in [0.717, 1.165) is 17.1 Å². The zero-order chi connectivity index (χ0) is 36.5. The molecule has 2 saturated heterocycles. The van der Waals surface area contributed by atoms with Gasteiger partial charge in [0.1, 0.15) is 6.04 Å². The van der Waals surface area contributed by atoms with E-state index in [0.29, 0.717) is 44.6 Å². The predicted molar refractivity (Wildman–Crippen MR) is 192 cm³/mol. The number of carboxylic acids is 1. The average Bonchev–Trinajstić information content (AvgIpc) is 3.74. The van der Waals surface area contributed by atoms with E-state index in [2.05, 4.69) is 20.0 Å². The van der Waals surface area contributed by atoms with E-state index in [4.69, 9.17) is 46.1 Å². The molecule has 0 amide bonds. The number of halogens is 2. The van der Waals surface area contributed by atoms with Gasteiger partial charge in [-0.05, 0) is 56.9 Å². The number of guanidine groups is 2. The van der Waals surface area contributed by atoms with E-state index < -0.39 is 32.1 Å². The van der Waals surface area contributed by atoms with Crippen molar-refractivity contribution in [3.63, 3.8) is 0 Å². The van der Waals surface area contributed by atoms with Crippen LogP contribution in [-0.2, 0) is 24.8 Å². The Morgan fingerprint density at radius 3 is 1.62 bits per heavy atom. The van der Waals surface area contributed by atoms with Crippen LogP contribution in [0.2, 0.25) is 10.0 Å². The van der Waals surface area contributed by atoms with Crippen molar-refractivity contribution in [1.82, 2.24) is 18.6 Å². The van der Waals surface area contributed by atoms with Gasteiger partial charge in [0.15, 0.2) is 23.6 Å². The minimum atomic E-state index is -4.01. The van der Waals surface area contributed by atoms with Crippen LogP contribution in [0, 0.1) is 0 Å². The summed E-state index contributed by atoms with van der Waals surface area (Å²) in [6.07, 6.45) is 5.27. The number of sulfonamides is 2. The molecule has 6 rings (SSSR count). The molecule has 2 atom stereocenters. The number of hydrogen-bond donors (Lipinski definition) is 5. The van der Waals surface area contributed by atoms with E-state index in [9.17, 15) is 26.7 Å². The minimum absolute atomic E-state index is 0.0136. The summed E-state index contributed by atoms with van der Waals surface area (Å²) in [6.45, 7) is 2.58. The quantitative estimate of drug-likeness (QED) is 0.134. The predicted octanol–water partition coefficient (Wildman–Crippen LogP) is 3.00. The molecule has 16 nitrogen and oxygen atoms in total. The number of fused-ring (bicyclic) bond motifs is 2. The molecular weight excluding hydrogens is 731 g/mol. The Kier molecular flexibility index (Phi) is 10.7. The van der Waals surface area contributed by atoms with E-state index in [1.54, 1.807) is 12.1 Å². The fraction of sp³-hybridized carbons (Fsp3) is 0.300. The second-order valence-electron chi connectivity index (χ2n) is 11.6. The first-order valence-corrected chi connectivity index (χ1v) is 18.8. The van der Waals surface area contributed by atoms with Crippen molar-refractivity contribution in [1.29, 1.82) is 0 Å². The molecule has 4 heterocycles. The van der Waals surface area contributed by atoms with Crippen molar-refractivity contribution < 1.29 is 26.7 Å². The third-order valence-electron chi connectivity index (χ3n) is 8.24. The third-order valence-corrected chi connectivity index (χ3v) is 12.8. The van der Waals surface area contributed by atoms with Gasteiger partial charge in [0.2, 0.25) is 20.0 Å². The van der Waals surface area contributed by atoms with Crippen LogP contribution >= 0.6 is 23.2 Å². The van der Waals surface area contributed by atoms with E-state index in [1.165, 1.54) is 41.0 Å². The highest BCUT2D eigenvalue weighted by molar-refractivity contribution is 7.89. The number of aliphatic carboxylic acids is 1. The molecule has 0 aliphatic carbocycles. The van der Waals surface area contributed by atoms with Gasteiger partial charge in [-0.25, -0.2) is 26.8 Å². The van der Waals surface area contributed by atoms with Crippen molar-refractivity contribution in [3.05, 3.63) is 58.8 Å². The topological polar surface area (TPSA) is 267 Å². The Balaban J connectivity index is 0.000000195. The van der Waals surface area contributed by atoms with Gasteiger partial charge in [-0.1, -0.05) is 35.3 Å². The number of aliphatic imine (C=N–C) groups is 2. The molecule has 2 aromatic carbocycles. The zero-order valence-corrected chi connectivity index (χ0v) is 29.7. The molecule has 2 aliphatic rings. The standard InChI is InChI=1S/C15H16ClN5O4S.C15H18ClN5O2S/c16-11-7-19-13(20-15(17)18)10-6-8(3-4-9(10)11)26(24,25)21-5-1-2-12(21)14(22)23;1-9-3-2-6-21(9)24(22,23)10-4-5-11-12(7-10)14(20-15(17)18)19-8-13(11)16/h3-4,6-7,12H,1-2,5H2,(H,22,23)(H4,17,18,19,20);4-5,7-9H,2-3,6H2,1H3,(H4,17,18,19,20)/t;9-/m.1/s1. The Morgan fingerprint density at radius 2 is 1.20 bits per heavy atom. The van der Waals surface area contributed by atoms with Gasteiger partial charge in [0, 0.05) is 53.1 Å². The lowest BCUT2D eigenvalue weighted by atomic mass is 10.1. The van der Waals surface area contributed by atoms with Gasteiger partial charge in [-0.15, -0.1) is 0 Å². The van der Waals surface area contributed by atoms with Crippen LogP contribution in [0.4, 0.5) is 11.6 Å². The van der Waals surface area contributed by atoms with Crippen LogP contribution in [0.1, 0.15) is 32.6 Å². The lowest BCUT2D eigenvalue weighted by Crippen LogP contribution is -2.40. The van der Waals surface area contributed by atoms with Gasteiger partial charge < -0.3 is 28.0 Å². The maximum Gasteiger partial charge on any atom is 0.322 e. The molecule has 0 spiro atoms. The third kappa shape index (κ3) is 7.40. The first-order chi connectivity index (χ1) is 23.5. The van der Waals surface area contributed by atoms with Gasteiger partial charge in [-0.3, -0.25) is 4.79 Å². The van der Waals surface area contributed by atoms with Gasteiger partial charge in [0.25, 0.3) is 0 Å². The fourth-order valence-corrected chi connectivity index (χ4v) is 9.73. The Hall–Kier alpha value is -4.33. The van der Waals surface area contributed by atoms with Crippen LogP contribution in [0.3, 0.4) is 0 Å². The summed E-state index contributed by atoms with van der Waals surface area (Å²) in [6, 6.07) is 7.88. The molecule has 2 fully saturated rings. The van der Waals surface area contributed by atoms with Gasteiger partial charge >= 0.3 is 5.97 Å². The molecule has 2 aromatic heterocycles. The monoisotopic (exact) mass is 764 g/mol. The van der Waals surface area contributed by atoms with Gasteiger partial charge in [-0.2, -0.15) is 18.6 Å². The molecule has 0 saturated carbocycles. The highest BCUT2D eigenvalue weighted by Crippen LogP contribution is 2.35.